The molecule has 0 aliphatic rings. The number of aliphatic hydroxyl groups is 2. The van der Waals surface area contributed by atoms with Gasteiger partial charge in [-0.1, -0.05) is 73.4 Å². The number of aliphatic hydroxyl groups excluding tert-OH is 2. The average Bonchev–Trinajstić information content (AvgIpc) is 3.09. The van der Waals surface area contributed by atoms with Crippen molar-refractivity contribution >= 4 is 35.2 Å². The largest absolute Gasteiger partial charge is 0.396 e. The van der Waals surface area contributed by atoms with E-state index in [9.17, 15) is 29.1 Å². The lowest BCUT2D eigenvalue weighted by molar-refractivity contribution is -0.133. The first-order chi connectivity index (χ1) is 25.0. The molecule has 0 heterocycles. The molecule has 5 amide bonds. The maximum atomic E-state index is 13.6. The highest BCUT2D eigenvalue weighted by Gasteiger charge is 2.31. The van der Waals surface area contributed by atoms with Gasteiger partial charge >= 0.3 is 0 Å². The summed E-state index contributed by atoms with van der Waals surface area (Å²) < 4.78 is 0. The molecule has 0 fully saturated rings. The van der Waals surface area contributed by atoms with Crippen LogP contribution in [0.15, 0.2) is 24.3 Å². The normalized spacial score (nSPS) is 15.4. The molecule has 1 aromatic carbocycles. The van der Waals surface area contributed by atoms with Gasteiger partial charge < -0.3 is 42.1 Å². The van der Waals surface area contributed by atoms with Crippen molar-refractivity contribution in [3.63, 3.8) is 0 Å². The first kappa shape index (κ1) is 47.4. The summed E-state index contributed by atoms with van der Waals surface area (Å²) in [4.78, 5) is 64.1. The fourth-order valence-corrected chi connectivity index (χ4v) is 5.78. The molecule has 14 heteroatoms. The van der Waals surface area contributed by atoms with Crippen molar-refractivity contribution in [2.24, 2.45) is 17.8 Å². The van der Waals surface area contributed by atoms with E-state index in [1.54, 1.807) is 19.1 Å². The summed E-state index contributed by atoms with van der Waals surface area (Å²) >= 11 is 0. The van der Waals surface area contributed by atoms with Crippen LogP contribution in [0.3, 0.4) is 0 Å². The third-order valence-corrected chi connectivity index (χ3v) is 9.14. The molecule has 0 aliphatic carbocycles. The molecule has 53 heavy (non-hydrogen) atoms. The van der Waals surface area contributed by atoms with Gasteiger partial charge in [-0.3, -0.25) is 29.3 Å². The van der Waals surface area contributed by atoms with Gasteiger partial charge in [0.2, 0.25) is 29.5 Å². The van der Waals surface area contributed by atoms with Crippen molar-refractivity contribution < 1.29 is 34.2 Å². The van der Waals surface area contributed by atoms with Crippen LogP contribution in [-0.2, 0) is 30.5 Å². The number of nitrogens with one attached hydrogen (secondary N) is 7. The maximum Gasteiger partial charge on any atom is 0.243 e. The van der Waals surface area contributed by atoms with E-state index < -0.39 is 36.3 Å². The van der Waals surface area contributed by atoms with E-state index in [0.29, 0.717) is 50.8 Å². The summed E-state index contributed by atoms with van der Waals surface area (Å²) in [6.45, 7) is 17.5. The Morgan fingerprint density at radius 3 is 2.02 bits per heavy atom. The molecule has 2 unspecified atom stereocenters. The molecule has 7 atom stereocenters. The Hall–Kier alpha value is -3.59. The molecular formula is C39H69N7O7. The fraction of sp³-hybridized carbons (Fsp3) is 0.718. The lowest BCUT2D eigenvalue weighted by Crippen LogP contribution is -2.59. The van der Waals surface area contributed by atoms with Gasteiger partial charge in [0.25, 0.3) is 0 Å². The van der Waals surface area contributed by atoms with Gasteiger partial charge in [-0.15, -0.1) is 0 Å². The Bertz CT molecular complexity index is 1260. The van der Waals surface area contributed by atoms with Crippen LogP contribution in [0.1, 0.15) is 113 Å². The van der Waals surface area contributed by atoms with Crippen LogP contribution in [0.5, 0.6) is 0 Å². The lowest BCUT2D eigenvalue weighted by atomic mass is 9.97. The SMILES string of the molecule is CCC[C@H](NC(=O)[C@@H](NC(=O)CCCCO)[C@@H](C)CC)C(=O)N[C@H](CN[C@@H](C)C(O)NC(C(=O)NCc1ccc(NC(C)=O)cc1)C(C)C)CC(C)C. The predicted octanol–water partition coefficient (Wildman–Crippen LogP) is 2.68. The van der Waals surface area contributed by atoms with Gasteiger partial charge in [0.05, 0.1) is 6.04 Å². The van der Waals surface area contributed by atoms with Crippen molar-refractivity contribution in [2.45, 2.75) is 150 Å². The van der Waals surface area contributed by atoms with Gasteiger partial charge in [-0.2, -0.15) is 0 Å². The molecule has 14 nitrogen and oxygen atoms in total. The zero-order chi connectivity index (χ0) is 40.1. The molecule has 0 radical (unpaired) electrons. The van der Waals surface area contributed by atoms with Crippen LogP contribution < -0.4 is 37.2 Å². The third kappa shape index (κ3) is 18.8. The van der Waals surface area contributed by atoms with E-state index in [1.807, 2.05) is 60.6 Å². The highest BCUT2D eigenvalue weighted by Crippen LogP contribution is 2.13. The highest BCUT2D eigenvalue weighted by molar-refractivity contribution is 5.92. The first-order valence-electron chi connectivity index (χ1n) is 19.3. The Morgan fingerprint density at radius 1 is 0.811 bits per heavy atom. The quantitative estimate of drug-likeness (QED) is 0.0503. The molecule has 0 saturated carbocycles. The Morgan fingerprint density at radius 2 is 1.47 bits per heavy atom. The van der Waals surface area contributed by atoms with Crippen molar-refractivity contribution in [3.05, 3.63) is 29.8 Å². The summed E-state index contributed by atoms with van der Waals surface area (Å²) in [5.41, 5.74) is 1.53. The van der Waals surface area contributed by atoms with Crippen molar-refractivity contribution in [1.82, 2.24) is 31.9 Å². The summed E-state index contributed by atoms with van der Waals surface area (Å²) in [7, 11) is 0. The number of hydrogen-bond acceptors (Lipinski definition) is 9. The van der Waals surface area contributed by atoms with Crippen LogP contribution in [0.2, 0.25) is 0 Å². The summed E-state index contributed by atoms with van der Waals surface area (Å²) in [6, 6.07) is 4.10. The van der Waals surface area contributed by atoms with Gasteiger partial charge in [0, 0.05) is 50.8 Å². The van der Waals surface area contributed by atoms with Crippen molar-refractivity contribution in [1.29, 1.82) is 0 Å². The van der Waals surface area contributed by atoms with E-state index >= 15 is 0 Å². The second kappa shape index (κ2) is 25.4. The highest BCUT2D eigenvalue weighted by atomic mass is 16.3. The number of carbonyl (C=O) groups is 5. The Kier molecular flexibility index (Phi) is 22.8. The van der Waals surface area contributed by atoms with E-state index in [0.717, 1.165) is 5.56 Å². The number of amides is 5. The Labute approximate surface area is 317 Å². The number of hydrogen-bond donors (Lipinski definition) is 9. The molecule has 1 aromatic rings. The van der Waals surface area contributed by atoms with Gasteiger partial charge in [-0.25, -0.2) is 0 Å². The maximum absolute atomic E-state index is 13.6. The molecule has 9 N–H and O–H groups in total. The second-order valence-electron chi connectivity index (χ2n) is 14.9. The molecule has 0 saturated heterocycles. The molecular weight excluding hydrogens is 678 g/mol. The van der Waals surface area contributed by atoms with Crippen LogP contribution in [0.25, 0.3) is 0 Å². The fourth-order valence-electron chi connectivity index (χ4n) is 5.78. The van der Waals surface area contributed by atoms with E-state index in [2.05, 4.69) is 37.2 Å². The Balaban J connectivity index is 2.87. The van der Waals surface area contributed by atoms with Crippen LogP contribution >= 0.6 is 0 Å². The molecule has 302 valence electrons. The topological polar surface area (TPSA) is 210 Å². The lowest BCUT2D eigenvalue weighted by Gasteiger charge is -2.31. The molecule has 0 aromatic heterocycles. The standard InChI is InChI=1S/C39H69N7O7/c1-10-14-32(44-39(53)35(26(7)11-2)45-33(49)15-12-13-20-47)37(51)43-31(21-24(3)4)23-40-27(8)36(50)46-34(25(5)6)38(52)41-22-29-16-18-30(19-17-29)42-28(9)48/h16-19,24-27,31-32,34-36,40,46-47,50H,10-15,20-23H2,1-9H3,(H,41,52)(H,42,48)(H,43,51)(H,44,53)(H,45,49)/t26-,27-,31-,32-,34?,35-,36?/m0/s1. The number of benzene rings is 1. The molecule has 0 bridgehead atoms. The number of carbonyl (C=O) groups excluding carboxylic acids is 5. The first-order valence-corrected chi connectivity index (χ1v) is 19.3. The van der Waals surface area contributed by atoms with Gasteiger partial charge in [0.15, 0.2) is 0 Å². The van der Waals surface area contributed by atoms with Crippen molar-refractivity contribution in [3.8, 4) is 0 Å². The van der Waals surface area contributed by atoms with Crippen LogP contribution in [0.4, 0.5) is 5.69 Å². The van der Waals surface area contributed by atoms with E-state index in [4.69, 9.17) is 5.11 Å². The number of rotatable bonds is 26. The zero-order valence-electron chi connectivity index (χ0n) is 33.5. The minimum atomic E-state index is -1.08. The average molecular weight is 748 g/mol. The molecule has 1 rings (SSSR count). The second-order valence-corrected chi connectivity index (χ2v) is 14.9. The number of anilines is 1. The van der Waals surface area contributed by atoms with Gasteiger partial charge in [-0.05, 0) is 68.1 Å². The monoisotopic (exact) mass is 748 g/mol. The van der Waals surface area contributed by atoms with Gasteiger partial charge in [0.1, 0.15) is 18.3 Å². The smallest absolute Gasteiger partial charge is 0.243 e. The van der Waals surface area contributed by atoms with Crippen LogP contribution in [-0.4, -0.2) is 89.3 Å². The third-order valence-electron chi connectivity index (χ3n) is 9.14. The van der Waals surface area contributed by atoms with E-state index in [1.165, 1.54) is 6.92 Å². The zero-order valence-corrected chi connectivity index (χ0v) is 33.5. The van der Waals surface area contributed by atoms with E-state index in [-0.39, 0.29) is 67.0 Å². The number of unbranched alkanes of at least 4 members (excludes halogenated alkanes) is 1. The minimum absolute atomic E-state index is 0.00131. The van der Waals surface area contributed by atoms with Crippen LogP contribution in [0, 0.1) is 17.8 Å². The minimum Gasteiger partial charge on any atom is -0.396 e. The van der Waals surface area contributed by atoms with Crippen molar-refractivity contribution in [2.75, 3.05) is 18.5 Å². The summed E-state index contributed by atoms with van der Waals surface area (Å²) in [6.07, 6.45) is 2.50. The molecule has 0 aliphatic heterocycles. The summed E-state index contributed by atoms with van der Waals surface area (Å²) in [5.74, 6) is -1.46. The predicted molar refractivity (Wildman–Crippen MR) is 208 cm³/mol. The summed E-state index contributed by atoms with van der Waals surface area (Å²) in [5, 5.41) is 40.9. The molecule has 0 spiro atoms.